The molecule has 3 N–H and O–H groups in total. The summed E-state index contributed by atoms with van der Waals surface area (Å²) in [5, 5.41) is 10.3. The molecule has 2 aliphatic rings. The van der Waals surface area contributed by atoms with Gasteiger partial charge in [-0.05, 0) is 32.0 Å². The Balaban J connectivity index is 1.65. The van der Waals surface area contributed by atoms with Crippen molar-refractivity contribution >= 4 is 11.8 Å². The standard InChI is InChI=1S/C20H23N3O5/c1-12-9-15(18(24)22-6-5-20(26,11-22)19(21)25)13(2)23(12)14-3-4-16-17(10-14)28-8-7-27-16/h3-4,9-10,26H,5-8,11H2,1-2H3,(H2,21,25). The summed E-state index contributed by atoms with van der Waals surface area (Å²) < 4.78 is 13.2. The number of aromatic nitrogens is 1. The van der Waals surface area contributed by atoms with Crippen LogP contribution in [0.4, 0.5) is 0 Å². The minimum Gasteiger partial charge on any atom is -0.486 e. The number of likely N-dealkylation sites (tertiary alicyclic amines) is 1. The minimum atomic E-state index is -1.66. The largest absolute Gasteiger partial charge is 0.486 e. The van der Waals surface area contributed by atoms with E-state index in [0.717, 1.165) is 17.1 Å². The minimum absolute atomic E-state index is 0.0884. The fourth-order valence-electron chi connectivity index (χ4n) is 3.89. The molecule has 0 radical (unpaired) electrons. The molecular formula is C20H23N3O5. The number of nitrogens with zero attached hydrogens (tertiary/aromatic N) is 2. The zero-order chi connectivity index (χ0) is 20.1. The lowest BCUT2D eigenvalue weighted by Gasteiger charge is -2.21. The maximum atomic E-state index is 13.0. The number of hydrogen-bond acceptors (Lipinski definition) is 5. The first-order valence-electron chi connectivity index (χ1n) is 9.21. The molecule has 0 spiro atoms. The molecule has 8 heteroatoms. The van der Waals surface area contributed by atoms with Crippen LogP contribution in [0, 0.1) is 13.8 Å². The Morgan fingerprint density at radius 1 is 1.14 bits per heavy atom. The Kier molecular flexibility index (Phi) is 4.30. The first-order valence-corrected chi connectivity index (χ1v) is 9.21. The molecule has 0 saturated carbocycles. The molecule has 1 fully saturated rings. The summed E-state index contributed by atoms with van der Waals surface area (Å²) >= 11 is 0. The second-order valence-corrected chi connectivity index (χ2v) is 7.32. The van der Waals surface area contributed by atoms with Crippen molar-refractivity contribution in [3.63, 3.8) is 0 Å². The van der Waals surface area contributed by atoms with Crippen molar-refractivity contribution in [1.82, 2.24) is 9.47 Å². The number of fused-ring (bicyclic) bond motifs is 1. The van der Waals surface area contributed by atoms with Crippen LogP contribution in [-0.2, 0) is 4.79 Å². The van der Waals surface area contributed by atoms with Gasteiger partial charge in [0.15, 0.2) is 17.1 Å². The molecule has 4 rings (SSSR count). The van der Waals surface area contributed by atoms with E-state index in [9.17, 15) is 14.7 Å². The molecule has 2 aromatic rings. The Hall–Kier alpha value is -3.00. The molecule has 1 atom stereocenters. The van der Waals surface area contributed by atoms with Gasteiger partial charge in [0.05, 0.1) is 12.1 Å². The van der Waals surface area contributed by atoms with Crippen LogP contribution in [0.25, 0.3) is 5.69 Å². The number of aliphatic hydroxyl groups is 1. The summed E-state index contributed by atoms with van der Waals surface area (Å²) in [6.07, 6.45) is 0.148. The Morgan fingerprint density at radius 3 is 2.54 bits per heavy atom. The predicted molar refractivity (Wildman–Crippen MR) is 101 cm³/mol. The summed E-state index contributed by atoms with van der Waals surface area (Å²) in [7, 11) is 0. The second kappa shape index (κ2) is 6.56. The lowest BCUT2D eigenvalue weighted by molar-refractivity contribution is -0.134. The molecule has 8 nitrogen and oxygen atoms in total. The molecule has 0 aliphatic carbocycles. The van der Waals surface area contributed by atoms with Gasteiger partial charge in [-0.15, -0.1) is 0 Å². The highest BCUT2D eigenvalue weighted by Gasteiger charge is 2.43. The van der Waals surface area contributed by atoms with E-state index in [1.54, 1.807) is 0 Å². The summed E-state index contributed by atoms with van der Waals surface area (Å²) in [6.45, 7) is 5.01. The third-order valence-electron chi connectivity index (χ3n) is 5.44. The van der Waals surface area contributed by atoms with Gasteiger partial charge in [0.1, 0.15) is 13.2 Å². The number of β-amino-alcohol motifs (C(OH)–C–C–N with tert-alkyl or cyclic N) is 1. The lowest BCUT2D eigenvalue weighted by Crippen LogP contribution is -2.46. The van der Waals surface area contributed by atoms with Crippen LogP contribution in [0.5, 0.6) is 11.5 Å². The molecule has 2 aliphatic heterocycles. The van der Waals surface area contributed by atoms with E-state index in [-0.39, 0.29) is 25.4 Å². The number of aryl methyl sites for hydroxylation is 1. The van der Waals surface area contributed by atoms with Crippen molar-refractivity contribution in [2.45, 2.75) is 25.9 Å². The molecule has 1 aromatic heterocycles. The maximum absolute atomic E-state index is 13.0. The zero-order valence-corrected chi connectivity index (χ0v) is 15.9. The molecule has 3 heterocycles. The maximum Gasteiger partial charge on any atom is 0.255 e. The van der Waals surface area contributed by atoms with Gasteiger partial charge >= 0.3 is 0 Å². The number of amides is 2. The average molecular weight is 385 g/mol. The number of primary amides is 1. The van der Waals surface area contributed by atoms with Crippen LogP contribution in [0.15, 0.2) is 24.3 Å². The molecular weight excluding hydrogens is 362 g/mol. The molecule has 148 valence electrons. The van der Waals surface area contributed by atoms with Crippen molar-refractivity contribution in [3.05, 3.63) is 41.2 Å². The van der Waals surface area contributed by atoms with Gasteiger partial charge in [0.2, 0.25) is 0 Å². The molecule has 28 heavy (non-hydrogen) atoms. The Bertz CT molecular complexity index is 967. The van der Waals surface area contributed by atoms with Crippen molar-refractivity contribution in [2.75, 3.05) is 26.3 Å². The number of benzene rings is 1. The van der Waals surface area contributed by atoms with E-state index in [4.69, 9.17) is 15.2 Å². The van der Waals surface area contributed by atoms with Crippen LogP contribution in [0.3, 0.4) is 0 Å². The summed E-state index contributed by atoms with van der Waals surface area (Å²) in [5.74, 6) is 0.352. The van der Waals surface area contributed by atoms with E-state index in [1.165, 1.54) is 4.90 Å². The average Bonchev–Trinajstić information content (AvgIpc) is 3.22. The molecule has 1 unspecified atom stereocenters. The third-order valence-corrected chi connectivity index (χ3v) is 5.44. The number of nitrogens with two attached hydrogens (primary N) is 1. The highest BCUT2D eigenvalue weighted by atomic mass is 16.6. The quantitative estimate of drug-likeness (QED) is 0.817. The summed E-state index contributed by atoms with van der Waals surface area (Å²) in [6, 6.07) is 7.49. The van der Waals surface area contributed by atoms with Crippen LogP contribution < -0.4 is 15.2 Å². The zero-order valence-electron chi connectivity index (χ0n) is 15.9. The first kappa shape index (κ1) is 18.4. The summed E-state index contributed by atoms with van der Waals surface area (Å²) in [5.41, 5.74) is 6.67. The topological polar surface area (TPSA) is 107 Å². The van der Waals surface area contributed by atoms with Gasteiger partial charge < -0.3 is 29.8 Å². The lowest BCUT2D eigenvalue weighted by atomic mass is 10.0. The number of carbonyl (C=O) groups excluding carboxylic acids is 2. The van der Waals surface area contributed by atoms with Crippen molar-refractivity contribution in [1.29, 1.82) is 0 Å². The van der Waals surface area contributed by atoms with Gasteiger partial charge in [-0.2, -0.15) is 0 Å². The highest BCUT2D eigenvalue weighted by Crippen LogP contribution is 2.34. The number of ether oxygens (including phenoxy) is 2. The fraction of sp³-hybridized carbons (Fsp3) is 0.400. The van der Waals surface area contributed by atoms with Crippen LogP contribution in [-0.4, -0.2) is 58.3 Å². The van der Waals surface area contributed by atoms with Crippen LogP contribution in [0.1, 0.15) is 28.2 Å². The first-order chi connectivity index (χ1) is 13.3. The van der Waals surface area contributed by atoms with Gasteiger partial charge in [-0.3, -0.25) is 9.59 Å². The monoisotopic (exact) mass is 385 g/mol. The third kappa shape index (κ3) is 2.90. The Labute approximate surface area is 162 Å². The van der Waals surface area contributed by atoms with Crippen molar-refractivity contribution < 1.29 is 24.2 Å². The molecule has 2 amide bonds. The molecule has 1 saturated heterocycles. The van der Waals surface area contributed by atoms with Gasteiger partial charge in [0.25, 0.3) is 11.8 Å². The molecule has 0 bridgehead atoms. The number of rotatable bonds is 3. The van der Waals surface area contributed by atoms with Gasteiger partial charge in [-0.1, -0.05) is 0 Å². The van der Waals surface area contributed by atoms with E-state index in [1.807, 2.05) is 42.7 Å². The second-order valence-electron chi connectivity index (χ2n) is 7.32. The van der Waals surface area contributed by atoms with Crippen molar-refractivity contribution in [3.8, 4) is 17.2 Å². The van der Waals surface area contributed by atoms with Crippen molar-refractivity contribution in [2.24, 2.45) is 5.73 Å². The van der Waals surface area contributed by atoms with E-state index in [0.29, 0.717) is 30.3 Å². The highest BCUT2D eigenvalue weighted by molar-refractivity contribution is 5.97. The number of hydrogen-bond donors (Lipinski definition) is 2. The molecule has 1 aromatic carbocycles. The van der Waals surface area contributed by atoms with Gasteiger partial charge in [-0.25, -0.2) is 0 Å². The van der Waals surface area contributed by atoms with E-state index >= 15 is 0 Å². The Morgan fingerprint density at radius 2 is 1.86 bits per heavy atom. The van der Waals surface area contributed by atoms with Crippen LogP contribution in [0.2, 0.25) is 0 Å². The normalized spacial score (nSPS) is 21.0. The number of carbonyl (C=O) groups is 2. The van der Waals surface area contributed by atoms with Gasteiger partial charge in [0, 0.05) is 36.1 Å². The van der Waals surface area contributed by atoms with E-state index in [2.05, 4.69) is 0 Å². The van der Waals surface area contributed by atoms with E-state index < -0.39 is 11.5 Å². The smallest absolute Gasteiger partial charge is 0.255 e. The SMILES string of the molecule is Cc1cc(C(=O)N2CCC(O)(C(N)=O)C2)c(C)n1-c1ccc2c(c1)OCCO2. The predicted octanol–water partition coefficient (Wildman–Crippen LogP) is 0.928. The van der Waals surface area contributed by atoms with Crippen LogP contribution >= 0.6 is 0 Å². The fourth-order valence-corrected chi connectivity index (χ4v) is 3.89. The summed E-state index contributed by atoms with van der Waals surface area (Å²) in [4.78, 5) is 25.9.